The molecule has 1 aromatic carbocycles. The van der Waals surface area contributed by atoms with Crippen LogP contribution in [0.25, 0.3) is 0 Å². The fourth-order valence-corrected chi connectivity index (χ4v) is 1.84. The average molecular weight is 215 g/mol. The molecule has 4 heteroatoms. The van der Waals surface area contributed by atoms with Crippen molar-refractivity contribution >= 4 is 11.8 Å². The van der Waals surface area contributed by atoms with Gasteiger partial charge in [0.25, 0.3) is 0 Å². The summed E-state index contributed by atoms with van der Waals surface area (Å²) in [7, 11) is 1.52. The molecular formula is C10H14FNOS. The molecule has 0 spiro atoms. The van der Waals surface area contributed by atoms with Gasteiger partial charge in [0.1, 0.15) is 5.82 Å². The number of hydroxylamine groups is 1. The van der Waals surface area contributed by atoms with Crippen LogP contribution in [0, 0.1) is 12.7 Å². The van der Waals surface area contributed by atoms with Crippen molar-refractivity contribution in [3.63, 3.8) is 0 Å². The van der Waals surface area contributed by atoms with Crippen LogP contribution in [0.1, 0.15) is 11.1 Å². The summed E-state index contributed by atoms with van der Waals surface area (Å²) in [6, 6.07) is 3.40. The van der Waals surface area contributed by atoms with Crippen LogP contribution in [0.5, 0.6) is 0 Å². The summed E-state index contributed by atoms with van der Waals surface area (Å²) in [5.41, 5.74) is 4.22. The minimum atomic E-state index is -0.190. The summed E-state index contributed by atoms with van der Waals surface area (Å²) < 4.78 is 13.4. The van der Waals surface area contributed by atoms with Crippen LogP contribution in [0.2, 0.25) is 0 Å². The molecule has 0 bridgehead atoms. The largest absolute Gasteiger partial charge is 0.305 e. The van der Waals surface area contributed by atoms with Crippen molar-refractivity contribution in [2.75, 3.05) is 13.4 Å². The fraction of sp³-hybridized carbons (Fsp3) is 0.400. The molecule has 1 N–H and O–H groups in total. The molecule has 0 aliphatic rings. The first-order chi connectivity index (χ1) is 6.69. The molecule has 0 saturated heterocycles. The first-order valence-electron chi connectivity index (χ1n) is 4.28. The number of halogens is 1. The van der Waals surface area contributed by atoms with Crippen LogP contribution >= 0.6 is 11.8 Å². The van der Waals surface area contributed by atoms with Crippen LogP contribution in [-0.4, -0.2) is 13.4 Å². The summed E-state index contributed by atoms with van der Waals surface area (Å²) in [6.07, 6.45) is 1.98. The van der Waals surface area contributed by atoms with E-state index in [0.717, 1.165) is 10.5 Å². The van der Waals surface area contributed by atoms with Gasteiger partial charge in [0.05, 0.1) is 7.11 Å². The normalized spacial score (nSPS) is 10.6. The van der Waals surface area contributed by atoms with Gasteiger partial charge in [-0.15, -0.1) is 11.8 Å². The molecule has 0 aromatic heterocycles. The predicted molar refractivity (Wildman–Crippen MR) is 56.8 cm³/mol. The van der Waals surface area contributed by atoms with E-state index in [1.165, 1.54) is 7.11 Å². The highest BCUT2D eigenvalue weighted by atomic mass is 32.2. The summed E-state index contributed by atoms with van der Waals surface area (Å²) in [6.45, 7) is 2.29. The quantitative estimate of drug-likeness (QED) is 0.616. The van der Waals surface area contributed by atoms with E-state index in [1.54, 1.807) is 17.8 Å². The molecule has 0 aliphatic heterocycles. The van der Waals surface area contributed by atoms with Crippen molar-refractivity contribution in [3.8, 4) is 0 Å². The number of thioether (sulfide) groups is 1. The van der Waals surface area contributed by atoms with Crippen LogP contribution in [-0.2, 0) is 11.4 Å². The summed E-state index contributed by atoms with van der Waals surface area (Å²) in [4.78, 5) is 5.78. The highest BCUT2D eigenvalue weighted by molar-refractivity contribution is 7.98. The second-order valence-electron chi connectivity index (χ2n) is 2.94. The van der Waals surface area contributed by atoms with Crippen molar-refractivity contribution < 1.29 is 9.23 Å². The standard InChI is InChI=1S/C10H14FNOS/c1-7-4-9(11)8(6-12-13-2)5-10(7)14-3/h4-5,12H,6H2,1-3H3. The number of nitrogens with one attached hydrogen (secondary N) is 1. The lowest BCUT2D eigenvalue weighted by Crippen LogP contribution is -2.12. The van der Waals surface area contributed by atoms with Gasteiger partial charge in [-0.1, -0.05) is 0 Å². The zero-order valence-electron chi connectivity index (χ0n) is 8.56. The van der Waals surface area contributed by atoms with Crippen molar-refractivity contribution in [2.24, 2.45) is 0 Å². The molecule has 0 aliphatic carbocycles. The van der Waals surface area contributed by atoms with E-state index in [1.807, 2.05) is 19.2 Å². The molecule has 0 atom stereocenters. The van der Waals surface area contributed by atoms with E-state index < -0.39 is 0 Å². The number of benzene rings is 1. The fourth-order valence-electron chi connectivity index (χ4n) is 1.20. The van der Waals surface area contributed by atoms with E-state index in [9.17, 15) is 4.39 Å². The second kappa shape index (κ2) is 5.34. The maximum Gasteiger partial charge on any atom is 0.128 e. The Balaban J connectivity index is 2.92. The highest BCUT2D eigenvalue weighted by Crippen LogP contribution is 2.23. The third-order valence-electron chi connectivity index (χ3n) is 1.97. The zero-order valence-corrected chi connectivity index (χ0v) is 9.37. The molecule has 0 heterocycles. The predicted octanol–water partition coefficient (Wildman–Crippen LogP) is 2.51. The Morgan fingerprint density at radius 2 is 2.21 bits per heavy atom. The highest BCUT2D eigenvalue weighted by Gasteiger charge is 2.06. The van der Waals surface area contributed by atoms with Crippen LogP contribution < -0.4 is 5.48 Å². The molecule has 2 nitrogen and oxygen atoms in total. The molecule has 0 saturated carbocycles. The van der Waals surface area contributed by atoms with Gasteiger partial charge in [-0.25, -0.2) is 4.39 Å². The SMILES string of the molecule is CONCc1cc(SC)c(C)cc1F. The van der Waals surface area contributed by atoms with Gasteiger partial charge in [0.2, 0.25) is 0 Å². The van der Waals surface area contributed by atoms with Gasteiger partial charge in [0.15, 0.2) is 0 Å². The van der Waals surface area contributed by atoms with E-state index in [0.29, 0.717) is 12.1 Å². The van der Waals surface area contributed by atoms with Crippen molar-refractivity contribution in [3.05, 3.63) is 29.1 Å². The Labute approximate surface area is 87.8 Å². The maximum atomic E-state index is 13.4. The van der Waals surface area contributed by atoms with Crippen LogP contribution in [0.3, 0.4) is 0 Å². The third kappa shape index (κ3) is 2.70. The zero-order chi connectivity index (χ0) is 10.6. The van der Waals surface area contributed by atoms with Crippen molar-refractivity contribution in [2.45, 2.75) is 18.4 Å². The molecule has 14 heavy (non-hydrogen) atoms. The molecule has 0 fully saturated rings. The molecular weight excluding hydrogens is 201 g/mol. The first-order valence-corrected chi connectivity index (χ1v) is 5.50. The van der Waals surface area contributed by atoms with Crippen LogP contribution in [0.15, 0.2) is 17.0 Å². The van der Waals surface area contributed by atoms with Gasteiger partial charge in [-0.3, -0.25) is 0 Å². The minimum absolute atomic E-state index is 0.190. The van der Waals surface area contributed by atoms with E-state index in [-0.39, 0.29) is 5.82 Å². The number of hydrogen-bond acceptors (Lipinski definition) is 3. The lowest BCUT2D eigenvalue weighted by molar-refractivity contribution is 0.0859. The second-order valence-corrected chi connectivity index (χ2v) is 3.79. The third-order valence-corrected chi connectivity index (χ3v) is 2.85. The van der Waals surface area contributed by atoms with Gasteiger partial charge >= 0.3 is 0 Å². The lowest BCUT2D eigenvalue weighted by Gasteiger charge is -2.08. The van der Waals surface area contributed by atoms with E-state index in [4.69, 9.17) is 0 Å². The Morgan fingerprint density at radius 3 is 2.79 bits per heavy atom. The number of rotatable bonds is 4. The lowest BCUT2D eigenvalue weighted by atomic mass is 10.1. The first kappa shape index (κ1) is 11.5. The van der Waals surface area contributed by atoms with E-state index >= 15 is 0 Å². The molecule has 1 rings (SSSR count). The van der Waals surface area contributed by atoms with Gasteiger partial charge in [-0.2, -0.15) is 5.48 Å². The topological polar surface area (TPSA) is 21.3 Å². The van der Waals surface area contributed by atoms with Crippen molar-refractivity contribution in [1.29, 1.82) is 0 Å². The Morgan fingerprint density at radius 1 is 1.50 bits per heavy atom. The molecule has 1 aromatic rings. The summed E-state index contributed by atoms with van der Waals surface area (Å²) in [5, 5.41) is 0. The molecule has 0 radical (unpaired) electrons. The monoisotopic (exact) mass is 215 g/mol. The Kier molecular flexibility index (Phi) is 4.38. The van der Waals surface area contributed by atoms with E-state index in [2.05, 4.69) is 10.3 Å². The molecule has 0 amide bonds. The Hall–Kier alpha value is -0.580. The summed E-state index contributed by atoms with van der Waals surface area (Å²) in [5.74, 6) is -0.190. The average Bonchev–Trinajstić information content (AvgIpc) is 2.17. The Bertz CT molecular complexity index is 317. The van der Waals surface area contributed by atoms with Crippen LogP contribution in [0.4, 0.5) is 4.39 Å². The smallest absolute Gasteiger partial charge is 0.128 e. The van der Waals surface area contributed by atoms with Gasteiger partial charge in [-0.05, 0) is 30.9 Å². The maximum absolute atomic E-state index is 13.4. The van der Waals surface area contributed by atoms with Crippen molar-refractivity contribution in [1.82, 2.24) is 5.48 Å². The van der Waals surface area contributed by atoms with Gasteiger partial charge in [0, 0.05) is 17.0 Å². The number of aryl methyl sites for hydroxylation is 1. The molecule has 0 unspecified atom stereocenters. The van der Waals surface area contributed by atoms with Gasteiger partial charge < -0.3 is 4.84 Å². The minimum Gasteiger partial charge on any atom is -0.305 e. The molecule has 78 valence electrons. The number of hydrogen-bond donors (Lipinski definition) is 1. The summed E-state index contributed by atoms with van der Waals surface area (Å²) >= 11 is 1.62.